The van der Waals surface area contributed by atoms with Crippen LogP contribution in [-0.4, -0.2) is 45.2 Å². The molecule has 0 spiro atoms. The van der Waals surface area contributed by atoms with E-state index in [0.717, 1.165) is 0 Å². The van der Waals surface area contributed by atoms with Crippen molar-refractivity contribution in [2.24, 2.45) is 0 Å². The number of rotatable bonds is 5. The zero-order valence-electron chi connectivity index (χ0n) is 8.88. The second-order valence-electron chi connectivity index (χ2n) is 3.02. The second kappa shape index (κ2) is 5.23. The number of likely N-dealkylation sites (N-methyl/N-ethyl adjacent to an activating group) is 1. The number of aromatic nitrogens is 3. The van der Waals surface area contributed by atoms with E-state index in [-0.39, 0.29) is 18.1 Å². The van der Waals surface area contributed by atoms with Gasteiger partial charge >= 0.3 is 0 Å². The van der Waals surface area contributed by atoms with Crippen LogP contribution in [0.25, 0.3) is 0 Å². The molecule has 0 saturated heterocycles. The predicted molar refractivity (Wildman–Crippen MR) is 53.3 cm³/mol. The minimum absolute atomic E-state index is 0.0256. The molecule has 0 N–H and O–H groups in total. The maximum Gasteiger partial charge on any atom is 0.244 e. The summed E-state index contributed by atoms with van der Waals surface area (Å²) in [7, 11) is 0. The van der Waals surface area contributed by atoms with Gasteiger partial charge in [-0.15, -0.1) is 5.10 Å². The maximum absolute atomic E-state index is 11.6. The normalized spacial score (nSPS) is 10.0. The Labute approximate surface area is 87.9 Å². The minimum Gasteiger partial charge on any atom is -0.342 e. The molecule has 0 radical (unpaired) electrons. The molecule has 0 aliphatic heterocycles. The van der Waals surface area contributed by atoms with Gasteiger partial charge in [0.1, 0.15) is 12.2 Å². The van der Waals surface area contributed by atoms with E-state index in [4.69, 9.17) is 0 Å². The fraction of sp³-hybridized carbons (Fsp3) is 0.556. The van der Waals surface area contributed by atoms with Crippen LogP contribution in [0.1, 0.15) is 24.3 Å². The standard InChI is InChI=1S/C9H14N4O2/c1-3-12(4-2)9(15)6-13-5-8(7-14)10-11-13/h5,7H,3-4,6H2,1-2H3. The summed E-state index contributed by atoms with van der Waals surface area (Å²) in [5.41, 5.74) is 0.238. The third kappa shape index (κ3) is 2.87. The smallest absolute Gasteiger partial charge is 0.244 e. The van der Waals surface area contributed by atoms with Crippen LogP contribution in [0.2, 0.25) is 0 Å². The topological polar surface area (TPSA) is 68.1 Å². The van der Waals surface area contributed by atoms with Crippen LogP contribution >= 0.6 is 0 Å². The van der Waals surface area contributed by atoms with Crippen molar-refractivity contribution in [2.75, 3.05) is 13.1 Å². The fourth-order valence-corrected chi connectivity index (χ4v) is 1.26. The summed E-state index contributed by atoms with van der Waals surface area (Å²) < 4.78 is 1.37. The zero-order valence-corrected chi connectivity index (χ0v) is 8.88. The molecule has 15 heavy (non-hydrogen) atoms. The van der Waals surface area contributed by atoms with Crippen molar-refractivity contribution in [1.82, 2.24) is 19.9 Å². The number of aldehydes is 1. The van der Waals surface area contributed by atoms with E-state index in [2.05, 4.69) is 10.3 Å². The molecule has 1 amide bonds. The Morgan fingerprint density at radius 2 is 2.20 bits per heavy atom. The highest BCUT2D eigenvalue weighted by atomic mass is 16.2. The molecule has 1 rings (SSSR count). The third-order valence-corrected chi connectivity index (χ3v) is 2.09. The Morgan fingerprint density at radius 1 is 1.53 bits per heavy atom. The fourth-order valence-electron chi connectivity index (χ4n) is 1.26. The largest absolute Gasteiger partial charge is 0.342 e. The van der Waals surface area contributed by atoms with Gasteiger partial charge in [0, 0.05) is 13.1 Å². The number of hydrogen-bond acceptors (Lipinski definition) is 4. The molecule has 6 nitrogen and oxygen atoms in total. The lowest BCUT2D eigenvalue weighted by molar-refractivity contribution is -0.131. The van der Waals surface area contributed by atoms with Crippen LogP contribution in [0.4, 0.5) is 0 Å². The van der Waals surface area contributed by atoms with Gasteiger partial charge in [0.05, 0.1) is 6.20 Å². The van der Waals surface area contributed by atoms with Crippen molar-refractivity contribution in [2.45, 2.75) is 20.4 Å². The molecule has 6 heteroatoms. The predicted octanol–water partition coefficient (Wildman–Crippen LogP) is -0.0410. The van der Waals surface area contributed by atoms with Crippen LogP contribution in [0.15, 0.2) is 6.20 Å². The molecular weight excluding hydrogens is 196 g/mol. The number of amides is 1. The third-order valence-electron chi connectivity index (χ3n) is 2.09. The van der Waals surface area contributed by atoms with E-state index in [1.54, 1.807) is 4.90 Å². The summed E-state index contributed by atoms with van der Waals surface area (Å²) in [6, 6.07) is 0. The van der Waals surface area contributed by atoms with Gasteiger partial charge in [-0.05, 0) is 13.8 Å². The van der Waals surface area contributed by atoms with Gasteiger partial charge in [-0.2, -0.15) is 0 Å². The Hall–Kier alpha value is -1.72. The van der Waals surface area contributed by atoms with Crippen LogP contribution in [0.3, 0.4) is 0 Å². The first-order valence-electron chi connectivity index (χ1n) is 4.84. The highest BCUT2D eigenvalue weighted by Gasteiger charge is 2.11. The van der Waals surface area contributed by atoms with E-state index < -0.39 is 0 Å². The average Bonchev–Trinajstić information content (AvgIpc) is 2.67. The molecule has 0 bridgehead atoms. The van der Waals surface area contributed by atoms with Crippen molar-refractivity contribution in [3.63, 3.8) is 0 Å². The zero-order chi connectivity index (χ0) is 11.3. The van der Waals surface area contributed by atoms with Gasteiger partial charge in [-0.25, -0.2) is 4.68 Å². The summed E-state index contributed by atoms with van der Waals surface area (Å²) in [6.07, 6.45) is 2.06. The Morgan fingerprint density at radius 3 is 2.67 bits per heavy atom. The van der Waals surface area contributed by atoms with Crippen LogP contribution in [0, 0.1) is 0 Å². The van der Waals surface area contributed by atoms with Gasteiger partial charge < -0.3 is 4.90 Å². The molecule has 0 unspecified atom stereocenters. The first-order valence-corrected chi connectivity index (χ1v) is 4.84. The summed E-state index contributed by atoms with van der Waals surface area (Å²) in [4.78, 5) is 23.7. The van der Waals surface area contributed by atoms with Crippen molar-refractivity contribution in [3.8, 4) is 0 Å². The maximum atomic E-state index is 11.6. The van der Waals surface area contributed by atoms with Crippen molar-refractivity contribution < 1.29 is 9.59 Å². The lowest BCUT2D eigenvalue weighted by Crippen LogP contribution is -2.33. The molecule has 1 heterocycles. The number of hydrogen-bond donors (Lipinski definition) is 0. The number of carbonyl (C=O) groups is 2. The van der Waals surface area contributed by atoms with E-state index in [1.807, 2.05) is 13.8 Å². The SMILES string of the molecule is CCN(CC)C(=O)Cn1cc(C=O)nn1. The van der Waals surface area contributed by atoms with E-state index in [9.17, 15) is 9.59 Å². The summed E-state index contributed by atoms with van der Waals surface area (Å²) >= 11 is 0. The lowest BCUT2D eigenvalue weighted by atomic mass is 10.4. The summed E-state index contributed by atoms with van der Waals surface area (Å²) in [6.45, 7) is 5.30. The Kier molecular flexibility index (Phi) is 3.96. The molecule has 1 aromatic heterocycles. The van der Waals surface area contributed by atoms with Crippen molar-refractivity contribution >= 4 is 12.2 Å². The first-order chi connectivity index (χ1) is 7.21. The summed E-state index contributed by atoms with van der Waals surface area (Å²) in [5.74, 6) is -0.0256. The number of carbonyl (C=O) groups excluding carboxylic acids is 2. The molecule has 0 saturated carbocycles. The lowest BCUT2D eigenvalue weighted by Gasteiger charge is -2.17. The molecule has 0 aliphatic rings. The van der Waals surface area contributed by atoms with Gasteiger partial charge in [-0.3, -0.25) is 9.59 Å². The highest BCUT2D eigenvalue weighted by molar-refractivity contribution is 5.76. The van der Waals surface area contributed by atoms with E-state index in [1.165, 1.54) is 10.9 Å². The first kappa shape index (κ1) is 11.4. The average molecular weight is 210 g/mol. The minimum atomic E-state index is -0.0256. The van der Waals surface area contributed by atoms with Gasteiger partial charge in [0.15, 0.2) is 6.29 Å². The van der Waals surface area contributed by atoms with Crippen molar-refractivity contribution in [3.05, 3.63) is 11.9 Å². The van der Waals surface area contributed by atoms with Gasteiger partial charge in [0.2, 0.25) is 5.91 Å². The molecule has 0 atom stereocenters. The second-order valence-corrected chi connectivity index (χ2v) is 3.02. The van der Waals surface area contributed by atoms with Crippen molar-refractivity contribution in [1.29, 1.82) is 0 Å². The molecule has 0 aromatic carbocycles. The van der Waals surface area contributed by atoms with Gasteiger partial charge in [-0.1, -0.05) is 5.21 Å². The molecular formula is C9H14N4O2. The Bertz CT molecular complexity index is 344. The van der Waals surface area contributed by atoms with E-state index >= 15 is 0 Å². The number of nitrogens with zero attached hydrogens (tertiary/aromatic N) is 4. The van der Waals surface area contributed by atoms with Crippen LogP contribution < -0.4 is 0 Å². The Balaban J connectivity index is 2.61. The van der Waals surface area contributed by atoms with E-state index in [0.29, 0.717) is 19.4 Å². The molecule has 1 aromatic rings. The molecule has 82 valence electrons. The summed E-state index contributed by atoms with van der Waals surface area (Å²) in [5, 5.41) is 7.24. The highest BCUT2D eigenvalue weighted by Crippen LogP contribution is 1.94. The van der Waals surface area contributed by atoms with Gasteiger partial charge in [0.25, 0.3) is 0 Å². The monoisotopic (exact) mass is 210 g/mol. The van der Waals surface area contributed by atoms with Crippen LogP contribution in [0.5, 0.6) is 0 Å². The quantitative estimate of drug-likeness (QED) is 0.639. The molecule has 0 aliphatic carbocycles. The molecule has 0 fully saturated rings. The van der Waals surface area contributed by atoms with Crippen LogP contribution in [-0.2, 0) is 11.3 Å².